The third kappa shape index (κ3) is 4.87. The van der Waals surface area contributed by atoms with Crippen molar-refractivity contribution in [2.75, 3.05) is 36.5 Å². The van der Waals surface area contributed by atoms with Gasteiger partial charge in [-0.3, -0.25) is 4.90 Å². The number of nitrogens with zero attached hydrogens (tertiary/aromatic N) is 2. The van der Waals surface area contributed by atoms with Crippen molar-refractivity contribution in [3.8, 4) is 11.3 Å². The molecular weight excluding hydrogens is 396 g/mol. The normalized spacial score (nSPS) is 13.5. The largest absolute Gasteiger partial charge is 0.423 e. The van der Waals surface area contributed by atoms with Gasteiger partial charge in [0.1, 0.15) is 0 Å². The molecule has 3 N–H and O–H groups in total. The van der Waals surface area contributed by atoms with Crippen LogP contribution in [0.25, 0.3) is 11.3 Å². The molecule has 1 aliphatic heterocycles. The number of aliphatic hydroxyl groups excluding tert-OH is 1. The van der Waals surface area contributed by atoms with E-state index in [9.17, 15) is 4.79 Å². The maximum atomic E-state index is 12.0. The lowest BCUT2D eigenvalue weighted by Gasteiger charge is -2.16. The Morgan fingerprint density at radius 1 is 1.26 bits per heavy atom. The third-order valence-corrected chi connectivity index (χ3v) is 5.07. The number of amides is 2. The molecule has 0 unspecified atom stereocenters. The smallest absolute Gasteiger partial charge is 0.321 e. The van der Waals surface area contributed by atoms with Crippen LogP contribution in [0, 0.1) is 13.8 Å². The van der Waals surface area contributed by atoms with E-state index in [1.54, 1.807) is 11.1 Å². The molecule has 2 heterocycles. The first-order valence-corrected chi connectivity index (χ1v) is 10.2. The molecule has 1 aromatic heterocycles. The Hall–Kier alpha value is -3.36. The van der Waals surface area contributed by atoms with Crippen molar-refractivity contribution in [3.05, 3.63) is 59.3 Å². The summed E-state index contributed by atoms with van der Waals surface area (Å²) in [5.74, 6) is 0.618. The molecule has 8 heteroatoms. The van der Waals surface area contributed by atoms with Crippen molar-refractivity contribution in [1.29, 1.82) is 0 Å². The van der Waals surface area contributed by atoms with E-state index in [1.807, 2.05) is 50.2 Å². The Kier molecular flexibility index (Phi) is 6.20. The van der Waals surface area contributed by atoms with Gasteiger partial charge in [0.2, 0.25) is 0 Å². The molecule has 4 rings (SSSR count). The number of anilines is 3. The van der Waals surface area contributed by atoms with Crippen LogP contribution in [-0.2, 0) is 11.3 Å². The molecule has 3 aromatic rings. The van der Waals surface area contributed by atoms with Crippen molar-refractivity contribution in [2.24, 2.45) is 0 Å². The van der Waals surface area contributed by atoms with Gasteiger partial charge in [0.15, 0.2) is 5.76 Å². The maximum Gasteiger partial charge on any atom is 0.321 e. The van der Waals surface area contributed by atoms with Crippen molar-refractivity contribution < 1.29 is 19.1 Å². The van der Waals surface area contributed by atoms with E-state index in [2.05, 4.69) is 15.6 Å². The molecule has 0 atom stereocenters. The number of aromatic nitrogens is 1. The number of oxazole rings is 1. The second-order valence-corrected chi connectivity index (χ2v) is 7.52. The molecule has 0 bridgehead atoms. The van der Waals surface area contributed by atoms with Crippen LogP contribution in [0.3, 0.4) is 0 Å². The number of carbonyl (C=O) groups excluding carboxylic acids is 1. The Bertz CT molecular complexity index is 1080. The number of nitrogens with one attached hydrogen (secondary N) is 2. The monoisotopic (exact) mass is 422 g/mol. The van der Waals surface area contributed by atoms with E-state index >= 15 is 0 Å². The van der Waals surface area contributed by atoms with E-state index < -0.39 is 0 Å². The first-order valence-electron chi connectivity index (χ1n) is 10.2. The van der Waals surface area contributed by atoms with Gasteiger partial charge in [0.05, 0.1) is 26.0 Å². The lowest BCUT2D eigenvalue weighted by atomic mass is 10.1. The highest BCUT2D eigenvalue weighted by atomic mass is 16.5. The first-order chi connectivity index (χ1) is 15.0. The summed E-state index contributed by atoms with van der Waals surface area (Å²) < 4.78 is 11.4. The fourth-order valence-electron chi connectivity index (χ4n) is 3.51. The summed E-state index contributed by atoms with van der Waals surface area (Å²) in [6.45, 7) is 5.99. The average molecular weight is 422 g/mol. The summed E-state index contributed by atoms with van der Waals surface area (Å²) >= 11 is 0. The number of rotatable bonds is 8. The minimum Gasteiger partial charge on any atom is -0.423 e. The van der Waals surface area contributed by atoms with E-state index in [-0.39, 0.29) is 12.6 Å². The van der Waals surface area contributed by atoms with Gasteiger partial charge in [-0.1, -0.05) is 12.1 Å². The predicted molar refractivity (Wildman–Crippen MR) is 119 cm³/mol. The van der Waals surface area contributed by atoms with Gasteiger partial charge < -0.3 is 24.9 Å². The zero-order valence-electron chi connectivity index (χ0n) is 17.6. The van der Waals surface area contributed by atoms with Crippen LogP contribution in [0.15, 0.2) is 47.0 Å². The molecular formula is C23H26N4O4. The maximum absolute atomic E-state index is 12.0. The van der Waals surface area contributed by atoms with E-state index in [1.165, 1.54) is 0 Å². The minimum atomic E-state index is -0.0881. The molecule has 1 saturated heterocycles. The summed E-state index contributed by atoms with van der Waals surface area (Å²) in [5, 5.41) is 14.9. The Labute approximate surface area is 180 Å². The van der Waals surface area contributed by atoms with Gasteiger partial charge in [0, 0.05) is 30.0 Å². The fraction of sp³-hybridized carbons (Fsp3) is 0.304. The van der Waals surface area contributed by atoms with E-state index in [0.717, 1.165) is 33.6 Å². The summed E-state index contributed by atoms with van der Waals surface area (Å²) in [4.78, 5) is 18.1. The van der Waals surface area contributed by atoms with Crippen LogP contribution in [0.5, 0.6) is 0 Å². The second kappa shape index (κ2) is 9.20. The predicted octanol–water partition coefficient (Wildman–Crippen LogP) is 3.74. The van der Waals surface area contributed by atoms with Crippen LogP contribution in [0.4, 0.5) is 22.2 Å². The highest BCUT2D eigenvalue weighted by molar-refractivity contribution is 5.94. The number of urea groups is 1. The zero-order valence-corrected chi connectivity index (χ0v) is 17.6. The van der Waals surface area contributed by atoms with Gasteiger partial charge >= 0.3 is 6.03 Å². The minimum absolute atomic E-state index is 0.000826. The molecule has 1 aliphatic rings. The lowest BCUT2D eigenvalue weighted by molar-refractivity contribution is 0.0816. The van der Waals surface area contributed by atoms with Gasteiger partial charge in [-0.25, -0.2) is 9.78 Å². The highest BCUT2D eigenvalue weighted by Gasteiger charge is 2.22. The molecule has 2 aromatic carbocycles. The lowest BCUT2D eigenvalue weighted by Crippen LogP contribution is -2.27. The molecule has 8 nitrogen and oxygen atoms in total. The van der Waals surface area contributed by atoms with Gasteiger partial charge in [-0.2, -0.15) is 0 Å². The summed E-state index contributed by atoms with van der Waals surface area (Å²) in [6.07, 6.45) is 1.68. The van der Waals surface area contributed by atoms with Crippen molar-refractivity contribution in [1.82, 2.24) is 10.3 Å². The van der Waals surface area contributed by atoms with E-state index in [4.69, 9.17) is 14.3 Å². The SMILES string of the molecule is Cc1cc(-c2cnc(Nc3cc(COCCO)ccc3C)o2)cc(N2CCNC2=O)c1. The zero-order chi connectivity index (χ0) is 21.8. The van der Waals surface area contributed by atoms with Crippen LogP contribution in [-0.4, -0.2) is 42.4 Å². The molecule has 0 radical (unpaired) electrons. The number of hydrogen-bond acceptors (Lipinski definition) is 6. The van der Waals surface area contributed by atoms with Crippen molar-refractivity contribution >= 4 is 23.4 Å². The number of hydrogen-bond donors (Lipinski definition) is 3. The Balaban J connectivity index is 1.53. The molecule has 31 heavy (non-hydrogen) atoms. The van der Waals surface area contributed by atoms with Gasteiger partial charge in [-0.05, 0) is 54.8 Å². The number of ether oxygens (including phenoxy) is 1. The topological polar surface area (TPSA) is 99.9 Å². The Morgan fingerprint density at radius 3 is 2.90 bits per heavy atom. The van der Waals surface area contributed by atoms with Crippen LogP contribution >= 0.6 is 0 Å². The number of aliphatic hydroxyl groups is 1. The summed E-state index contributed by atoms with van der Waals surface area (Å²) in [5.41, 5.74) is 5.63. The number of carbonyl (C=O) groups is 1. The third-order valence-electron chi connectivity index (χ3n) is 5.07. The molecule has 0 aliphatic carbocycles. The van der Waals surface area contributed by atoms with Crippen LogP contribution in [0.2, 0.25) is 0 Å². The number of aryl methyl sites for hydroxylation is 2. The Morgan fingerprint density at radius 2 is 2.13 bits per heavy atom. The quantitative estimate of drug-likeness (QED) is 0.478. The van der Waals surface area contributed by atoms with Crippen molar-refractivity contribution in [3.63, 3.8) is 0 Å². The summed E-state index contributed by atoms with van der Waals surface area (Å²) in [7, 11) is 0. The van der Waals surface area contributed by atoms with Gasteiger partial charge in [0.25, 0.3) is 6.01 Å². The number of benzene rings is 2. The fourth-order valence-corrected chi connectivity index (χ4v) is 3.51. The van der Waals surface area contributed by atoms with Crippen LogP contribution in [0.1, 0.15) is 16.7 Å². The van der Waals surface area contributed by atoms with Crippen LogP contribution < -0.4 is 15.5 Å². The molecule has 162 valence electrons. The molecule has 1 fully saturated rings. The average Bonchev–Trinajstić information content (AvgIpc) is 3.39. The summed E-state index contributed by atoms with van der Waals surface area (Å²) in [6, 6.07) is 12.2. The van der Waals surface area contributed by atoms with E-state index in [0.29, 0.717) is 38.1 Å². The molecule has 0 spiro atoms. The first kappa shape index (κ1) is 20.9. The van der Waals surface area contributed by atoms with Crippen molar-refractivity contribution in [2.45, 2.75) is 20.5 Å². The highest BCUT2D eigenvalue weighted by Crippen LogP contribution is 2.30. The second-order valence-electron chi connectivity index (χ2n) is 7.52. The molecule has 2 amide bonds. The van der Waals surface area contributed by atoms with Gasteiger partial charge in [-0.15, -0.1) is 0 Å². The molecule has 0 saturated carbocycles. The standard InChI is InChI=1S/C23H26N4O4/c1-15-9-18(12-19(10-15)27-6-5-24-23(27)29)21-13-25-22(31-21)26-20-11-17(4-3-16(20)2)14-30-8-7-28/h3-4,9-13,28H,5-8,14H2,1-2H3,(H,24,29)(H,25,26).